The molecule has 1 aliphatic heterocycles. The van der Waals surface area contributed by atoms with E-state index in [0.29, 0.717) is 50.0 Å². The van der Waals surface area contributed by atoms with E-state index in [1.165, 1.54) is 11.3 Å². The molecule has 0 fully saturated rings. The van der Waals surface area contributed by atoms with Crippen molar-refractivity contribution in [3.63, 3.8) is 0 Å². The lowest BCUT2D eigenvalue weighted by Gasteiger charge is -2.25. The second-order valence-corrected chi connectivity index (χ2v) is 12.0. The summed E-state index contributed by atoms with van der Waals surface area (Å²) in [6.45, 7) is 11.6. The van der Waals surface area contributed by atoms with E-state index in [1.54, 1.807) is 49.8 Å². The smallest absolute Gasteiger partial charge is 0.338 e. The van der Waals surface area contributed by atoms with Crippen molar-refractivity contribution in [2.45, 2.75) is 39.8 Å². The highest BCUT2D eigenvalue weighted by Crippen LogP contribution is 2.37. The predicted octanol–water partition coefficient (Wildman–Crippen LogP) is 5.68. The molecule has 0 bridgehead atoms. The molecule has 2 heterocycles. The number of nitrogens with zero attached hydrogens (tertiary/aromatic N) is 2. The zero-order valence-corrected chi connectivity index (χ0v) is 27.3. The molecule has 11 heteroatoms. The molecule has 0 saturated heterocycles. The molecule has 1 aliphatic rings. The Kier molecular flexibility index (Phi) is 9.93. The number of esters is 1. The van der Waals surface area contributed by atoms with Crippen LogP contribution in [0.25, 0.3) is 6.08 Å². The number of thiazole rings is 1. The largest absolute Gasteiger partial charge is 0.493 e. The normalized spacial score (nSPS) is 14.9. The number of rotatable bonds is 10. The standard InChI is InChI=1S/C30H30Br2N2O6S/c1-7-11-39-27-20(31)12-18(13-21(27)32)14-24-28(35)34-26(19-9-10-22(40-16(3)4)23(15-19)37-6)25(29(36)38-8-2)17(5)33-30(34)41-24/h7,9-10,12-16,26H,1,8,11H2,2-6H3/b24-14+/t26-/m0/s1. The third-order valence-electron chi connectivity index (χ3n) is 6.05. The molecule has 4 rings (SSSR count). The number of hydrogen-bond donors (Lipinski definition) is 0. The Balaban J connectivity index is 1.91. The van der Waals surface area contributed by atoms with Crippen LogP contribution in [0.2, 0.25) is 0 Å². The van der Waals surface area contributed by atoms with Crippen LogP contribution in [0.1, 0.15) is 44.9 Å². The highest BCUT2D eigenvalue weighted by atomic mass is 79.9. The van der Waals surface area contributed by atoms with Gasteiger partial charge in [-0.15, -0.1) is 0 Å². The van der Waals surface area contributed by atoms with E-state index in [9.17, 15) is 9.59 Å². The minimum atomic E-state index is -0.775. The molecular weight excluding hydrogens is 676 g/mol. The number of aromatic nitrogens is 1. The maximum atomic E-state index is 14.0. The topological polar surface area (TPSA) is 88.3 Å². The van der Waals surface area contributed by atoms with Crippen molar-refractivity contribution in [3.8, 4) is 17.2 Å². The Labute approximate surface area is 258 Å². The monoisotopic (exact) mass is 704 g/mol. The van der Waals surface area contributed by atoms with Crippen LogP contribution < -0.4 is 29.1 Å². The number of allylic oxidation sites excluding steroid dienone is 1. The lowest BCUT2D eigenvalue weighted by Crippen LogP contribution is -2.40. The fourth-order valence-electron chi connectivity index (χ4n) is 4.41. The molecule has 1 atom stereocenters. The first-order valence-electron chi connectivity index (χ1n) is 12.9. The molecule has 0 N–H and O–H groups in total. The van der Waals surface area contributed by atoms with Gasteiger partial charge in [0, 0.05) is 0 Å². The molecule has 8 nitrogen and oxygen atoms in total. The van der Waals surface area contributed by atoms with Crippen LogP contribution in [0.3, 0.4) is 0 Å². The first kappa shape index (κ1) is 30.8. The Morgan fingerprint density at radius 3 is 2.51 bits per heavy atom. The molecule has 0 aliphatic carbocycles. The SMILES string of the molecule is C=CCOc1c(Br)cc(/C=c2/sc3n(c2=O)[C@@H](c2ccc(OC(C)C)c(OC)c2)C(C(=O)OCC)=C(C)N=3)cc1Br. The molecule has 41 heavy (non-hydrogen) atoms. The summed E-state index contributed by atoms with van der Waals surface area (Å²) in [6.07, 6.45) is 3.39. The van der Waals surface area contributed by atoms with Crippen LogP contribution in [-0.4, -0.2) is 37.0 Å². The quantitative estimate of drug-likeness (QED) is 0.199. The van der Waals surface area contributed by atoms with Gasteiger partial charge in [0.25, 0.3) is 5.56 Å². The van der Waals surface area contributed by atoms with Crippen LogP contribution in [0.4, 0.5) is 0 Å². The van der Waals surface area contributed by atoms with Gasteiger partial charge >= 0.3 is 5.97 Å². The zero-order valence-electron chi connectivity index (χ0n) is 23.3. The Bertz CT molecular complexity index is 1680. The van der Waals surface area contributed by atoms with Gasteiger partial charge in [0.2, 0.25) is 0 Å². The number of benzene rings is 2. The summed E-state index contributed by atoms with van der Waals surface area (Å²) >= 11 is 8.35. The Morgan fingerprint density at radius 2 is 1.90 bits per heavy atom. The van der Waals surface area contributed by atoms with E-state index in [2.05, 4.69) is 43.4 Å². The van der Waals surface area contributed by atoms with E-state index in [1.807, 2.05) is 32.0 Å². The highest BCUT2D eigenvalue weighted by molar-refractivity contribution is 9.11. The van der Waals surface area contributed by atoms with Gasteiger partial charge in [-0.3, -0.25) is 9.36 Å². The van der Waals surface area contributed by atoms with Crippen LogP contribution in [0.15, 0.2) is 73.0 Å². The van der Waals surface area contributed by atoms with Gasteiger partial charge in [-0.05, 0) is 101 Å². The molecule has 1 aromatic heterocycles. The van der Waals surface area contributed by atoms with Gasteiger partial charge in [-0.1, -0.05) is 30.1 Å². The number of fused-ring (bicyclic) bond motifs is 1. The lowest BCUT2D eigenvalue weighted by atomic mass is 9.95. The third kappa shape index (κ3) is 6.52. The van der Waals surface area contributed by atoms with Crippen molar-refractivity contribution in [2.24, 2.45) is 4.99 Å². The van der Waals surface area contributed by atoms with Crippen molar-refractivity contribution in [1.29, 1.82) is 0 Å². The summed E-state index contributed by atoms with van der Waals surface area (Å²) in [5, 5.41) is 0. The molecule has 2 aromatic carbocycles. The molecule has 0 spiro atoms. The van der Waals surface area contributed by atoms with Crippen LogP contribution in [0.5, 0.6) is 17.2 Å². The van der Waals surface area contributed by atoms with E-state index >= 15 is 0 Å². The summed E-state index contributed by atoms with van der Waals surface area (Å²) < 4.78 is 26.1. The van der Waals surface area contributed by atoms with Gasteiger partial charge in [-0.25, -0.2) is 9.79 Å². The Hall–Kier alpha value is -3.15. The molecule has 0 saturated carbocycles. The average Bonchev–Trinajstić information content (AvgIpc) is 3.21. The van der Waals surface area contributed by atoms with E-state index in [4.69, 9.17) is 18.9 Å². The number of carbonyl (C=O) groups is 1. The number of ether oxygens (including phenoxy) is 4. The van der Waals surface area contributed by atoms with Gasteiger partial charge in [-0.2, -0.15) is 0 Å². The van der Waals surface area contributed by atoms with Gasteiger partial charge < -0.3 is 18.9 Å². The van der Waals surface area contributed by atoms with Crippen molar-refractivity contribution in [3.05, 3.63) is 94.0 Å². The molecule has 0 unspecified atom stereocenters. The minimum absolute atomic E-state index is 0.0626. The number of methoxy groups -OCH3 is 1. The maximum Gasteiger partial charge on any atom is 0.338 e. The number of halogens is 2. The van der Waals surface area contributed by atoms with E-state index in [-0.39, 0.29) is 18.3 Å². The summed E-state index contributed by atoms with van der Waals surface area (Å²) in [6, 6.07) is 8.36. The molecule has 0 amide bonds. The van der Waals surface area contributed by atoms with Crippen molar-refractivity contribution in [2.75, 3.05) is 20.3 Å². The van der Waals surface area contributed by atoms with E-state index < -0.39 is 12.0 Å². The van der Waals surface area contributed by atoms with Crippen molar-refractivity contribution < 1.29 is 23.7 Å². The highest BCUT2D eigenvalue weighted by Gasteiger charge is 2.34. The molecule has 216 valence electrons. The van der Waals surface area contributed by atoms with Gasteiger partial charge in [0.15, 0.2) is 16.3 Å². The van der Waals surface area contributed by atoms with Crippen LogP contribution in [0, 0.1) is 0 Å². The van der Waals surface area contributed by atoms with Gasteiger partial charge in [0.05, 0.1) is 50.6 Å². The predicted molar refractivity (Wildman–Crippen MR) is 167 cm³/mol. The molecule has 0 radical (unpaired) electrons. The maximum absolute atomic E-state index is 14.0. The third-order valence-corrected chi connectivity index (χ3v) is 8.21. The minimum Gasteiger partial charge on any atom is -0.493 e. The average molecular weight is 706 g/mol. The summed E-state index contributed by atoms with van der Waals surface area (Å²) in [5.41, 5.74) is 1.93. The van der Waals surface area contributed by atoms with Crippen LogP contribution in [-0.2, 0) is 9.53 Å². The second kappa shape index (κ2) is 13.2. The van der Waals surface area contributed by atoms with Crippen molar-refractivity contribution in [1.82, 2.24) is 4.57 Å². The number of carbonyl (C=O) groups excluding carboxylic acids is 1. The summed E-state index contributed by atoms with van der Waals surface area (Å²) in [4.78, 5) is 32.3. The lowest BCUT2D eigenvalue weighted by molar-refractivity contribution is -0.139. The molecular formula is C30H30Br2N2O6S. The van der Waals surface area contributed by atoms with Crippen molar-refractivity contribution >= 4 is 55.2 Å². The fraction of sp³-hybridized carbons (Fsp3) is 0.300. The Morgan fingerprint density at radius 1 is 1.20 bits per heavy atom. The fourth-order valence-corrected chi connectivity index (χ4v) is 6.90. The summed E-state index contributed by atoms with van der Waals surface area (Å²) in [7, 11) is 1.55. The van der Waals surface area contributed by atoms with E-state index in [0.717, 1.165) is 14.5 Å². The van der Waals surface area contributed by atoms with Gasteiger partial charge in [0.1, 0.15) is 12.4 Å². The second-order valence-electron chi connectivity index (χ2n) is 9.29. The molecule has 3 aromatic rings. The number of hydrogen-bond acceptors (Lipinski definition) is 8. The summed E-state index contributed by atoms with van der Waals surface area (Å²) in [5.74, 6) is 1.16. The first-order valence-corrected chi connectivity index (χ1v) is 15.3. The first-order chi connectivity index (χ1) is 19.6. The zero-order chi connectivity index (χ0) is 29.8. The van der Waals surface area contributed by atoms with Crippen LogP contribution >= 0.6 is 43.2 Å².